The van der Waals surface area contributed by atoms with E-state index in [0.29, 0.717) is 22.7 Å². The van der Waals surface area contributed by atoms with E-state index in [-0.39, 0.29) is 0 Å². The van der Waals surface area contributed by atoms with Crippen LogP contribution < -0.4 is 10.6 Å². The van der Waals surface area contributed by atoms with Crippen LogP contribution in [0.2, 0.25) is 0 Å². The maximum atomic E-state index is 11.5. The predicted molar refractivity (Wildman–Crippen MR) is 135 cm³/mol. The van der Waals surface area contributed by atoms with E-state index in [9.17, 15) is 4.79 Å². The molecule has 4 rings (SSSR count). The smallest absolute Gasteiger partial charge is 0.129 e. The fourth-order valence-corrected chi connectivity index (χ4v) is 9.26. The maximum Gasteiger partial charge on any atom is 0.129 e. The highest BCUT2D eigenvalue weighted by atomic mass is 16.1. The van der Waals surface area contributed by atoms with Crippen molar-refractivity contribution in [3.63, 3.8) is 0 Å². The van der Waals surface area contributed by atoms with Crippen molar-refractivity contribution in [3.8, 4) is 0 Å². The molecule has 2 N–H and O–H groups in total. The Morgan fingerprint density at radius 2 is 1.69 bits per heavy atom. The molecule has 184 valence electrons. The van der Waals surface area contributed by atoms with E-state index in [2.05, 4.69) is 38.3 Å². The van der Waals surface area contributed by atoms with E-state index in [1.54, 1.807) is 6.92 Å². The summed E-state index contributed by atoms with van der Waals surface area (Å²) in [5.41, 5.74) is 1.15. The van der Waals surface area contributed by atoms with Gasteiger partial charge in [-0.25, -0.2) is 0 Å². The van der Waals surface area contributed by atoms with Crippen LogP contribution in [-0.2, 0) is 4.79 Å². The summed E-state index contributed by atoms with van der Waals surface area (Å²) in [5, 5.41) is 7.44. The molecule has 4 aliphatic rings. The Labute approximate surface area is 198 Å². The van der Waals surface area contributed by atoms with Gasteiger partial charge in [0.1, 0.15) is 5.78 Å². The number of hydrogen-bond donors (Lipinski definition) is 2. The molecule has 4 fully saturated rings. The van der Waals surface area contributed by atoms with Crippen LogP contribution in [0.1, 0.15) is 112 Å². The first-order valence-corrected chi connectivity index (χ1v) is 14.2. The van der Waals surface area contributed by atoms with E-state index < -0.39 is 0 Å². The minimum atomic E-state index is 0.376. The maximum absolute atomic E-state index is 11.5. The van der Waals surface area contributed by atoms with Crippen molar-refractivity contribution in [2.45, 2.75) is 124 Å². The van der Waals surface area contributed by atoms with Crippen molar-refractivity contribution >= 4 is 5.78 Å². The van der Waals surface area contributed by atoms with Crippen LogP contribution in [-0.4, -0.2) is 31.0 Å². The zero-order chi connectivity index (χ0) is 22.9. The molecule has 0 spiro atoms. The molecule has 0 aromatic carbocycles. The molecule has 7 unspecified atom stereocenters. The molecule has 0 aromatic rings. The normalized spacial score (nSPS) is 43.6. The fourth-order valence-electron chi connectivity index (χ4n) is 9.26. The van der Waals surface area contributed by atoms with Gasteiger partial charge in [-0.1, -0.05) is 27.7 Å². The number of rotatable bonds is 9. The van der Waals surface area contributed by atoms with Gasteiger partial charge >= 0.3 is 0 Å². The highest BCUT2D eigenvalue weighted by Gasteiger charge is 2.59. The zero-order valence-electron chi connectivity index (χ0n) is 21.8. The van der Waals surface area contributed by atoms with Gasteiger partial charge in [-0.3, -0.25) is 0 Å². The van der Waals surface area contributed by atoms with Crippen molar-refractivity contribution in [1.29, 1.82) is 0 Å². The molecule has 0 bridgehead atoms. The molecule has 3 heteroatoms. The fraction of sp³-hybridized carbons (Fsp3) is 0.966. The molecule has 0 radical (unpaired) electrons. The van der Waals surface area contributed by atoms with Gasteiger partial charge < -0.3 is 15.4 Å². The quantitative estimate of drug-likeness (QED) is 0.406. The van der Waals surface area contributed by atoms with Crippen molar-refractivity contribution in [2.24, 2.45) is 40.4 Å². The third-order valence-corrected chi connectivity index (χ3v) is 11.1. The summed E-state index contributed by atoms with van der Waals surface area (Å²) in [6, 6.07) is 1.33. The lowest BCUT2D eigenvalue weighted by molar-refractivity contribution is -0.118. The minimum Gasteiger partial charge on any atom is -0.313 e. The third-order valence-electron chi connectivity index (χ3n) is 11.1. The van der Waals surface area contributed by atoms with Crippen molar-refractivity contribution in [3.05, 3.63) is 0 Å². The van der Waals surface area contributed by atoms with Crippen LogP contribution >= 0.6 is 0 Å². The van der Waals surface area contributed by atoms with Crippen molar-refractivity contribution in [2.75, 3.05) is 13.1 Å². The average Bonchev–Trinajstić information content (AvgIpc) is 3.07. The first-order chi connectivity index (χ1) is 15.2. The van der Waals surface area contributed by atoms with Crippen molar-refractivity contribution < 1.29 is 4.79 Å². The van der Waals surface area contributed by atoms with E-state index in [1.165, 1.54) is 64.2 Å². The molecule has 4 saturated carbocycles. The Morgan fingerprint density at radius 1 is 0.938 bits per heavy atom. The summed E-state index contributed by atoms with van der Waals surface area (Å²) >= 11 is 0. The number of nitrogens with one attached hydrogen (secondary N) is 2. The monoisotopic (exact) mass is 444 g/mol. The molecule has 8 atom stereocenters. The minimum absolute atomic E-state index is 0.376. The van der Waals surface area contributed by atoms with E-state index in [0.717, 1.165) is 61.6 Å². The predicted octanol–water partition coefficient (Wildman–Crippen LogP) is 6.36. The third kappa shape index (κ3) is 4.85. The first kappa shape index (κ1) is 24.7. The van der Waals surface area contributed by atoms with Gasteiger partial charge in [0.2, 0.25) is 0 Å². The van der Waals surface area contributed by atoms with E-state index >= 15 is 0 Å². The Morgan fingerprint density at radius 3 is 2.44 bits per heavy atom. The zero-order valence-corrected chi connectivity index (χ0v) is 21.8. The summed E-state index contributed by atoms with van der Waals surface area (Å²) in [4.78, 5) is 11.5. The molecule has 4 aliphatic carbocycles. The van der Waals surface area contributed by atoms with Gasteiger partial charge in [0, 0.05) is 31.6 Å². The van der Waals surface area contributed by atoms with E-state index in [4.69, 9.17) is 0 Å². The number of carbonyl (C=O) groups is 1. The second-order valence-corrected chi connectivity index (χ2v) is 13.1. The Balaban J connectivity index is 1.35. The number of ketones is 1. The summed E-state index contributed by atoms with van der Waals surface area (Å²) in [7, 11) is 0. The first-order valence-electron chi connectivity index (χ1n) is 14.2. The second kappa shape index (κ2) is 10.1. The van der Waals surface area contributed by atoms with Gasteiger partial charge in [0.05, 0.1) is 0 Å². The molecular formula is C29H52N2O. The van der Waals surface area contributed by atoms with E-state index in [1.807, 2.05) is 0 Å². The molecule has 0 heterocycles. The van der Waals surface area contributed by atoms with Gasteiger partial charge in [0.15, 0.2) is 0 Å². The number of Topliss-reactive ketones (excluding diaryl/α,β-unsaturated/α-hetero) is 1. The van der Waals surface area contributed by atoms with Crippen LogP contribution in [0.15, 0.2) is 0 Å². The Bertz CT molecular complexity index is 647. The lowest BCUT2D eigenvalue weighted by atomic mass is 9.44. The van der Waals surface area contributed by atoms with Crippen LogP contribution in [0, 0.1) is 40.4 Å². The summed E-state index contributed by atoms with van der Waals surface area (Å²) in [6.07, 6.45) is 16.2. The molecule has 0 aromatic heterocycles. The average molecular weight is 445 g/mol. The van der Waals surface area contributed by atoms with Crippen molar-refractivity contribution in [1.82, 2.24) is 10.6 Å². The van der Waals surface area contributed by atoms with Crippen LogP contribution in [0.4, 0.5) is 0 Å². The molecule has 32 heavy (non-hydrogen) atoms. The summed E-state index contributed by atoms with van der Waals surface area (Å²) in [6.45, 7) is 13.8. The van der Waals surface area contributed by atoms with Crippen LogP contribution in [0.3, 0.4) is 0 Å². The topological polar surface area (TPSA) is 41.1 Å². The van der Waals surface area contributed by atoms with Gasteiger partial charge in [-0.15, -0.1) is 0 Å². The SMILES string of the molecule is CC(=O)CCCC1CCC2C3CC[C@H]4CC(NCCNC(C)C)CCC4(C)C3CCC12C. The molecular weight excluding hydrogens is 392 g/mol. The van der Waals surface area contributed by atoms with Gasteiger partial charge in [0.25, 0.3) is 0 Å². The van der Waals surface area contributed by atoms with Gasteiger partial charge in [-0.05, 0) is 118 Å². The standard InChI is InChI=1S/C29H52N2O/c1-20(2)30-17-18-31-24-13-15-29(5)23(19-24)9-11-25-26-12-10-22(8-6-7-21(3)32)28(26,4)16-14-27(25)29/h20,22-27,30-31H,6-19H2,1-5H3/t22?,23-,24?,25?,26?,27?,28?,29?/m0/s1. The Hall–Kier alpha value is -0.410. The largest absolute Gasteiger partial charge is 0.313 e. The van der Waals surface area contributed by atoms with Gasteiger partial charge in [-0.2, -0.15) is 0 Å². The van der Waals surface area contributed by atoms with Crippen LogP contribution in [0.5, 0.6) is 0 Å². The highest BCUT2D eigenvalue weighted by molar-refractivity contribution is 5.75. The molecule has 0 saturated heterocycles. The summed E-state index contributed by atoms with van der Waals surface area (Å²) < 4.78 is 0. The molecule has 0 amide bonds. The summed E-state index contributed by atoms with van der Waals surface area (Å²) in [5.74, 6) is 5.09. The molecule has 0 aliphatic heterocycles. The van der Waals surface area contributed by atoms with Crippen LogP contribution in [0.25, 0.3) is 0 Å². The molecule has 3 nitrogen and oxygen atoms in total. The highest BCUT2D eigenvalue weighted by Crippen LogP contribution is 2.67. The lowest BCUT2D eigenvalue weighted by Crippen LogP contribution is -2.55. The lowest BCUT2D eigenvalue weighted by Gasteiger charge is -2.61. The second-order valence-electron chi connectivity index (χ2n) is 13.1. The Kier molecular flexibility index (Phi) is 7.77. The number of carbonyl (C=O) groups excluding carboxylic acids is 1. The number of fused-ring (bicyclic) bond motifs is 5. The number of hydrogen-bond acceptors (Lipinski definition) is 3.